The van der Waals surface area contributed by atoms with Crippen LogP contribution in [-0.4, -0.2) is 41.1 Å². The van der Waals surface area contributed by atoms with Gasteiger partial charge < -0.3 is 15.7 Å². The predicted molar refractivity (Wildman–Crippen MR) is 61.4 cm³/mol. The van der Waals surface area contributed by atoms with E-state index in [0.29, 0.717) is 0 Å². The molecule has 4 heteroatoms. The molecule has 0 aliphatic heterocycles. The summed E-state index contributed by atoms with van der Waals surface area (Å²) < 4.78 is 0. The molecule has 1 atom stereocenters. The number of likely N-dealkylation sites (N-methyl/N-ethyl adjacent to an activating group) is 1. The van der Waals surface area contributed by atoms with Crippen molar-refractivity contribution in [3.63, 3.8) is 0 Å². The van der Waals surface area contributed by atoms with Crippen LogP contribution in [0.5, 0.6) is 0 Å². The number of nitrogens with zero attached hydrogens (tertiary/aromatic N) is 1. The maximum atomic E-state index is 11.9. The van der Waals surface area contributed by atoms with E-state index in [1.54, 1.807) is 20.9 Å². The van der Waals surface area contributed by atoms with E-state index in [1.807, 2.05) is 20.8 Å². The number of nitrogens with two attached hydrogens (primary N) is 1. The minimum atomic E-state index is -0.887. The highest BCUT2D eigenvalue weighted by Gasteiger charge is 2.31. The monoisotopic (exact) mass is 216 g/mol. The lowest BCUT2D eigenvalue weighted by atomic mass is 9.86. The highest BCUT2D eigenvalue weighted by atomic mass is 16.3. The molecule has 0 aliphatic rings. The van der Waals surface area contributed by atoms with E-state index >= 15 is 0 Å². The molecule has 90 valence electrons. The first-order valence-electron chi connectivity index (χ1n) is 5.18. The lowest BCUT2D eigenvalue weighted by molar-refractivity contribution is -0.136. The van der Waals surface area contributed by atoms with Crippen molar-refractivity contribution in [1.29, 1.82) is 0 Å². The first-order chi connectivity index (χ1) is 6.45. The van der Waals surface area contributed by atoms with Gasteiger partial charge in [0.15, 0.2) is 0 Å². The van der Waals surface area contributed by atoms with E-state index in [4.69, 9.17) is 5.73 Å². The van der Waals surface area contributed by atoms with Crippen LogP contribution in [0, 0.1) is 5.41 Å². The van der Waals surface area contributed by atoms with Gasteiger partial charge in [-0.3, -0.25) is 4.79 Å². The fourth-order valence-electron chi connectivity index (χ4n) is 1.27. The molecular formula is C11H24N2O2. The second kappa shape index (κ2) is 4.49. The Balaban J connectivity index is 4.47. The van der Waals surface area contributed by atoms with Gasteiger partial charge in [0.25, 0.3) is 0 Å². The molecule has 0 aromatic heterocycles. The van der Waals surface area contributed by atoms with Crippen molar-refractivity contribution in [1.82, 2.24) is 4.90 Å². The molecule has 0 bridgehead atoms. The number of carbonyl (C=O) groups is 1. The molecule has 0 radical (unpaired) electrons. The summed E-state index contributed by atoms with van der Waals surface area (Å²) in [6.45, 7) is 9.39. The standard InChI is InChI=1S/C11H24N2O2/c1-10(2,3)8(12)9(14)13(6)7-11(4,5)15/h8,15H,7,12H2,1-6H3/t8-/m1/s1. The van der Waals surface area contributed by atoms with Crippen molar-refractivity contribution < 1.29 is 9.90 Å². The third-order valence-electron chi connectivity index (χ3n) is 2.20. The Labute approximate surface area is 92.4 Å². The van der Waals surface area contributed by atoms with Crippen LogP contribution in [0.1, 0.15) is 34.6 Å². The van der Waals surface area contributed by atoms with Crippen LogP contribution in [0.4, 0.5) is 0 Å². The van der Waals surface area contributed by atoms with Gasteiger partial charge in [0.2, 0.25) is 5.91 Å². The summed E-state index contributed by atoms with van der Waals surface area (Å²) in [6, 6.07) is -0.537. The van der Waals surface area contributed by atoms with Crippen molar-refractivity contribution in [2.24, 2.45) is 11.1 Å². The lowest BCUT2D eigenvalue weighted by Crippen LogP contribution is -2.52. The lowest BCUT2D eigenvalue weighted by Gasteiger charge is -2.32. The molecule has 3 N–H and O–H groups in total. The van der Waals surface area contributed by atoms with E-state index in [-0.39, 0.29) is 17.9 Å². The van der Waals surface area contributed by atoms with Crippen molar-refractivity contribution in [3.8, 4) is 0 Å². The summed E-state index contributed by atoms with van der Waals surface area (Å²) in [6.07, 6.45) is 0. The molecule has 0 aromatic rings. The van der Waals surface area contributed by atoms with Crippen LogP contribution in [0.2, 0.25) is 0 Å². The van der Waals surface area contributed by atoms with Crippen molar-refractivity contribution >= 4 is 5.91 Å². The topological polar surface area (TPSA) is 66.6 Å². The van der Waals surface area contributed by atoms with Crippen molar-refractivity contribution in [2.75, 3.05) is 13.6 Å². The number of hydrogen-bond acceptors (Lipinski definition) is 3. The van der Waals surface area contributed by atoms with E-state index < -0.39 is 11.6 Å². The molecule has 0 fully saturated rings. The summed E-state index contributed by atoms with van der Waals surface area (Å²) in [4.78, 5) is 13.3. The minimum absolute atomic E-state index is 0.135. The van der Waals surface area contributed by atoms with Crippen LogP contribution in [-0.2, 0) is 4.79 Å². The highest BCUT2D eigenvalue weighted by molar-refractivity contribution is 5.82. The Bertz CT molecular complexity index is 226. The molecule has 4 nitrogen and oxygen atoms in total. The normalized spacial score (nSPS) is 14.9. The highest BCUT2D eigenvalue weighted by Crippen LogP contribution is 2.19. The number of amides is 1. The molecule has 0 aromatic carbocycles. The smallest absolute Gasteiger partial charge is 0.239 e. The summed E-state index contributed by atoms with van der Waals surface area (Å²) in [7, 11) is 1.66. The Kier molecular flexibility index (Phi) is 4.31. The van der Waals surface area contributed by atoms with Crippen LogP contribution >= 0.6 is 0 Å². The molecule has 0 saturated heterocycles. The van der Waals surface area contributed by atoms with Gasteiger partial charge in [0.05, 0.1) is 11.6 Å². The predicted octanol–water partition coefficient (Wildman–Crippen LogP) is 0.589. The fourth-order valence-corrected chi connectivity index (χ4v) is 1.27. The fraction of sp³-hybridized carbons (Fsp3) is 0.909. The van der Waals surface area contributed by atoms with E-state index in [1.165, 1.54) is 4.90 Å². The molecular weight excluding hydrogens is 192 g/mol. The number of carbonyl (C=O) groups excluding carboxylic acids is 1. The molecule has 1 amide bonds. The third-order valence-corrected chi connectivity index (χ3v) is 2.20. The van der Waals surface area contributed by atoms with E-state index in [0.717, 1.165) is 0 Å². The molecule has 0 spiro atoms. The van der Waals surface area contributed by atoms with Gasteiger partial charge in [-0.15, -0.1) is 0 Å². The summed E-state index contributed by atoms with van der Waals surface area (Å²) in [5.41, 5.74) is 4.70. The van der Waals surface area contributed by atoms with Crippen LogP contribution < -0.4 is 5.73 Å². The maximum absolute atomic E-state index is 11.9. The minimum Gasteiger partial charge on any atom is -0.389 e. The first kappa shape index (κ1) is 14.4. The van der Waals surface area contributed by atoms with E-state index in [9.17, 15) is 9.90 Å². The van der Waals surface area contributed by atoms with Gasteiger partial charge in [-0.1, -0.05) is 20.8 Å². The van der Waals surface area contributed by atoms with Crippen LogP contribution in [0.3, 0.4) is 0 Å². The van der Waals surface area contributed by atoms with Crippen molar-refractivity contribution in [2.45, 2.75) is 46.3 Å². The molecule has 0 heterocycles. The molecule has 0 unspecified atom stereocenters. The van der Waals surface area contributed by atoms with Gasteiger partial charge in [-0.05, 0) is 19.3 Å². The second-order valence-corrected chi connectivity index (χ2v) is 5.85. The molecule has 0 aliphatic carbocycles. The average Bonchev–Trinajstić information content (AvgIpc) is 1.96. The number of hydrogen-bond donors (Lipinski definition) is 2. The Morgan fingerprint density at radius 1 is 1.33 bits per heavy atom. The summed E-state index contributed by atoms with van der Waals surface area (Å²) in [5, 5.41) is 9.59. The van der Waals surface area contributed by atoms with E-state index in [2.05, 4.69) is 0 Å². The summed E-state index contributed by atoms with van der Waals surface area (Å²) >= 11 is 0. The van der Waals surface area contributed by atoms with Gasteiger partial charge in [-0.2, -0.15) is 0 Å². The zero-order valence-corrected chi connectivity index (χ0v) is 10.7. The van der Waals surface area contributed by atoms with Gasteiger partial charge in [0.1, 0.15) is 0 Å². The molecule has 15 heavy (non-hydrogen) atoms. The van der Waals surface area contributed by atoms with Crippen LogP contribution in [0.25, 0.3) is 0 Å². The first-order valence-corrected chi connectivity index (χ1v) is 5.18. The SMILES string of the molecule is CN(CC(C)(C)O)C(=O)[C@@H](N)C(C)(C)C. The zero-order chi connectivity index (χ0) is 12.4. The third kappa shape index (κ3) is 5.14. The zero-order valence-electron chi connectivity index (χ0n) is 10.7. The Morgan fingerprint density at radius 3 is 2.00 bits per heavy atom. The number of aliphatic hydroxyl groups is 1. The quantitative estimate of drug-likeness (QED) is 0.725. The van der Waals surface area contributed by atoms with Crippen LogP contribution in [0.15, 0.2) is 0 Å². The average molecular weight is 216 g/mol. The maximum Gasteiger partial charge on any atom is 0.239 e. The Morgan fingerprint density at radius 2 is 1.73 bits per heavy atom. The molecule has 0 rings (SSSR count). The number of rotatable bonds is 3. The van der Waals surface area contributed by atoms with Crippen molar-refractivity contribution in [3.05, 3.63) is 0 Å². The van der Waals surface area contributed by atoms with Gasteiger partial charge in [-0.25, -0.2) is 0 Å². The van der Waals surface area contributed by atoms with Gasteiger partial charge in [0, 0.05) is 13.6 Å². The molecule has 0 saturated carbocycles. The largest absolute Gasteiger partial charge is 0.389 e. The summed E-state index contributed by atoms with van der Waals surface area (Å²) in [5.74, 6) is -0.135. The second-order valence-electron chi connectivity index (χ2n) is 5.85. The van der Waals surface area contributed by atoms with Gasteiger partial charge >= 0.3 is 0 Å². The Hall–Kier alpha value is -0.610.